The van der Waals surface area contributed by atoms with Crippen LogP contribution in [0.15, 0.2) is 48.5 Å². The Labute approximate surface area is 163 Å². The molecule has 1 aliphatic heterocycles. The molecule has 0 spiro atoms. The topological polar surface area (TPSA) is 27.0 Å². The molecule has 0 unspecified atom stereocenters. The lowest BCUT2D eigenvalue weighted by Gasteiger charge is -2.43. The SMILES string of the molecule is CCCN1c2cc(C)c(/C=C(/C#N)c3ccccc3)cc2C(C)=CC1(C)C. The van der Waals surface area contributed by atoms with Gasteiger partial charge in [0.05, 0.1) is 17.2 Å². The Morgan fingerprint density at radius 2 is 1.85 bits per heavy atom. The van der Waals surface area contributed by atoms with E-state index in [1.807, 2.05) is 36.4 Å². The molecule has 0 saturated heterocycles. The lowest BCUT2D eigenvalue weighted by molar-refractivity contribution is 0.550. The van der Waals surface area contributed by atoms with Crippen LogP contribution in [0.25, 0.3) is 17.2 Å². The van der Waals surface area contributed by atoms with Crippen molar-refractivity contribution in [3.8, 4) is 6.07 Å². The molecule has 27 heavy (non-hydrogen) atoms. The highest BCUT2D eigenvalue weighted by atomic mass is 15.2. The summed E-state index contributed by atoms with van der Waals surface area (Å²) in [5.74, 6) is 0. The normalized spacial score (nSPS) is 15.8. The Hall–Kier alpha value is -2.79. The van der Waals surface area contributed by atoms with Gasteiger partial charge in [-0.3, -0.25) is 0 Å². The maximum absolute atomic E-state index is 9.66. The average molecular weight is 357 g/mol. The Balaban J connectivity index is 2.13. The largest absolute Gasteiger partial charge is 0.362 e. The summed E-state index contributed by atoms with van der Waals surface area (Å²) in [5.41, 5.74) is 7.84. The zero-order valence-electron chi connectivity index (χ0n) is 17.0. The van der Waals surface area contributed by atoms with Gasteiger partial charge in [-0.2, -0.15) is 5.26 Å². The monoisotopic (exact) mass is 356 g/mol. The van der Waals surface area contributed by atoms with Crippen molar-refractivity contribution in [1.82, 2.24) is 0 Å². The summed E-state index contributed by atoms with van der Waals surface area (Å²) in [4.78, 5) is 2.50. The number of anilines is 1. The van der Waals surface area contributed by atoms with E-state index in [-0.39, 0.29) is 5.54 Å². The second kappa shape index (κ2) is 7.45. The molecule has 0 aromatic heterocycles. The molecule has 3 rings (SSSR count). The van der Waals surface area contributed by atoms with E-state index in [0.29, 0.717) is 5.57 Å². The minimum atomic E-state index is 0.0126. The molecule has 1 heterocycles. The van der Waals surface area contributed by atoms with Crippen LogP contribution in [-0.4, -0.2) is 12.1 Å². The first-order chi connectivity index (χ1) is 12.9. The maximum atomic E-state index is 9.66. The van der Waals surface area contributed by atoms with Crippen molar-refractivity contribution < 1.29 is 0 Å². The molecule has 0 amide bonds. The summed E-state index contributed by atoms with van der Waals surface area (Å²) in [7, 11) is 0. The Morgan fingerprint density at radius 3 is 2.48 bits per heavy atom. The highest BCUT2D eigenvalue weighted by molar-refractivity contribution is 5.92. The molecule has 2 nitrogen and oxygen atoms in total. The van der Waals surface area contributed by atoms with Crippen molar-refractivity contribution in [2.75, 3.05) is 11.4 Å². The van der Waals surface area contributed by atoms with Gasteiger partial charge in [-0.1, -0.05) is 43.3 Å². The molecule has 2 heteroatoms. The first-order valence-corrected chi connectivity index (χ1v) is 9.66. The molecule has 0 bridgehead atoms. The number of aryl methyl sites for hydroxylation is 1. The molecule has 2 aromatic rings. The summed E-state index contributed by atoms with van der Waals surface area (Å²) in [6.45, 7) is 12.1. The molecule has 2 aromatic carbocycles. The van der Waals surface area contributed by atoms with Gasteiger partial charge in [-0.15, -0.1) is 0 Å². The number of nitriles is 1. The number of rotatable bonds is 4. The quantitative estimate of drug-likeness (QED) is 0.463. The van der Waals surface area contributed by atoms with Crippen molar-refractivity contribution in [1.29, 1.82) is 5.26 Å². The summed E-state index contributed by atoms with van der Waals surface area (Å²) in [6.07, 6.45) is 5.49. The fraction of sp³-hybridized carbons (Fsp3) is 0.320. The Morgan fingerprint density at radius 1 is 1.15 bits per heavy atom. The van der Waals surface area contributed by atoms with E-state index in [4.69, 9.17) is 0 Å². The maximum Gasteiger partial charge on any atom is 0.0998 e. The van der Waals surface area contributed by atoms with Crippen molar-refractivity contribution in [2.45, 2.75) is 46.6 Å². The molecular weight excluding hydrogens is 328 g/mol. The third-order valence-electron chi connectivity index (χ3n) is 5.32. The minimum Gasteiger partial charge on any atom is -0.362 e. The first kappa shape index (κ1) is 19.0. The molecule has 0 atom stereocenters. The van der Waals surface area contributed by atoms with Gasteiger partial charge in [0.25, 0.3) is 0 Å². The third kappa shape index (κ3) is 3.69. The average Bonchev–Trinajstić information content (AvgIpc) is 2.64. The van der Waals surface area contributed by atoms with Crippen LogP contribution >= 0.6 is 0 Å². The number of benzene rings is 2. The van der Waals surface area contributed by atoms with Crippen molar-refractivity contribution in [2.24, 2.45) is 0 Å². The fourth-order valence-electron chi connectivity index (χ4n) is 3.99. The molecule has 0 fully saturated rings. The molecule has 0 radical (unpaired) electrons. The fourth-order valence-corrected chi connectivity index (χ4v) is 3.99. The van der Waals surface area contributed by atoms with Gasteiger partial charge < -0.3 is 4.90 Å². The van der Waals surface area contributed by atoms with E-state index in [1.165, 1.54) is 22.4 Å². The molecule has 0 aliphatic carbocycles. The van der Waals surface area contributed by atoms with Crippen LogP contribution in [0.1, 0.15) is 56.4 Å². The summed E-state index contributed by atoms with van der Waals surface area (Å²) in [6, 6.07) is 16.8. The number of hydrogen-bond acceptors (Lipinski definition) is 2. The predicted octanol–water partition coefficient (Wildman–Crippen LogP) is 6.47. The third-order valence-corrected chi connectivity index (χ3v) is 5.32. The van der Waals surface area contributed by atoms with Gasteiger partial charge in [-0.05, 0) is 74.6 Å². The smallest absolute Gasteiger partial charge is 0.0998 e. The zero-order valence-corrected chi connectivity index (χ0v) is 17.0. The second-order valence-electron chi connectivity index (χ2n) is 7.89. The number of fused-ring (bicyclic) bond motifs is 1. The van der Waals surface area contributed by atoms with Crippen LogP contribution in [0.2, 0.25) is 0 Å². The van der Waals surface area contributed by atoms with E-state index in [0.717, 1.165) is 24.1 Å². The van der Waals surface area contributed by atoms with Crippen LogP contribution in [0.5, 0.6) is 0 Å². The van der Waals surface area contributed by atoms with Crippen LogP contribution in [0, 0.1) is 18.3 Å². The van der Waals surface area contributed by atoms with Crippen molar-refractivity contribution in [3.05, 3.63) is 70.8 Å². The Kier molecular flexibility index (Phi) is 5.24. The molecule has 0 saturated carbocycles. The summed E-state index contributed by atoms with van der Waals surface area (Å²) >= 11 is 0. The van der Waals surface area contributed by atoms with Gasteiger partial charge >= 0.3 is 0 Å². The molecule has 0 N–H and O–H groups in total. The summed E-state index contributed by atoms with van der Waals surface area (Å²) < 4.78 is 0. The van der Waals surface area contributed by atoms with Crippen LogP contribution in [0.4, 0.5) is 5.69 Å². The van der Waals surface area contributed by atoms with E-state index in [9.17, 15) is 5.26 Å². The van der Waals surface area contributed by atoms with Gasteiger partial charge in [0, 0.05) is 17.8 Å². The van der Waals surface area contributed by atoms with Gasteiger partial charge in [0.2, 0.25) is 0 Å². The molecule has 138 valence electrons. The van der Waals surface area contributed by atoms with Gasteiger partial charge in [0.15, 0.2) is 0 Å². The van der Waals surface area contributed by atoms with Gasteiger partial charge in [-0.25, -0.2) is 0 Å². The van der Waals surface area contributed by atoms with E-state index >= 15 is 0 Å². The highest BCUT2D eigenvalue weighted by Crippen LogP contribution is 2.40. The van der Waals surface area contributed by atoms with Crippen LogP contribution in [0.3, 0.4) is 0 Å². The molecular formula is C25H28N2. The van der Waals surface area contributed by atoms with E-state index in [1.54, 1.807) is 0 Å². The van der Waals surface area contributed by atoms with Crippen molar-refractivity contribution in [3.63, 3.8) is 0 Å². The number of allylic oxidation sites excluding steroid dienone is 2. The number of nitrogens with zero attached hydrogens (tertiary/aromatic N) is 2. The van der Waals surface area contributed by atoms with Crippen LogP contribution < -0.4 is 4.90 Å². The second-order valence-corrected chi connectivity index (χ2v) is 7.89. The number of hydrogen-bond donors (Lipinski definition) is 0. The lowest BCUT2D eigenvalue weighted by Crippen LogP contribution is -2.45. The van der Waals surface area contributed by atoms with Gasteiger partial charge in [0.1, 0.15) is 0 Å². The molecule has 1 aliphatic rings. The minimum absolute atomic E-state index is 0.0126. The van der Waals surface area contributed by atoms with Crippen molar-refractivity contribution >= 4 is 22.9 Å². The highest BCUT2D eigenvalue weighted by Gasteiger charge is 2.31. The Bertz CT molecular complexity index is 940. The standard InChI is InChI=1S/C25H28N2/c1-6-12-27-24-13-18(2)21(15-23(24)19(3)16-25(27,4)5)14-22(17-26)20-10-8-7-9-11-20/h7-11,13-16H,6,12H2,1-5H3/b22-14-. The lowest BCUT2D eigenvalue weighted by atomic mass is 9.86. The first-order valence-electron chi connectivity index (χ1n) is 9.66. The van der Waals surface area contributed by atoms with E-state index < -0.39 is 0 Å². The van der Waals surface area contributed by atoms with E-state index in [2.05, 4.69) is 63.8 Å². The van der Waals surface area contributed by atoms with Crippen LogP contribution in [-0.2, 0) is 0 Å². The zero-order chi connectivity index (χ0) is 19.6. The predicted molar refractivity (Wildman–Crippen MR) is 116 cm³/mol. The summed E-state index contributed by atoms with van der Waals surface area (Å²) in [5, 5.41) is 9.66.